The molecule has 0 spiro atoms. The van der Waals surface area contributed by atoms with Gasteiger partial charge in [0.15, 0.2) is 11.5 Å². The Balaban J connectivity index is 2.77. The van der Waals surface area contributed by atoms with Gasteiger partial charge in [0.2, 0.25) is 0 Å². The van der Waals surface area contributed by atoms with Crippen molar-refractivity contribution < 1.29 is 9.84 Å². The summed E-state index contributed by atoms with van der Waals surface area (Å²) in [6.07, 6.45) is 0. The molecule has 0 fully saturated rings. The minimum atomic E-state index is 0.115. The van der Waals surface area contributed by atoms with Crippen LogP contribution in [0.2, 0.25) is 5.02 Å². The number of methoxy groups -OCH3 is 1. The molecule has 3 nitrogen and oxygen atoms in total. The van der Waals surface area contributed by atoms with E-state index in [2.05, 4.69) is 17.2 Å². The Morgan fingerprint density at radius 3 is 2.88 bits per heavy atom. The monoisotopic (exact) mass is 239 g/mol. The van der Waals surface area contributed by atoms with Crippen LogP contribution >= 0.6 is 11.6 Å². The highest BCUT2D eigenvalue weighted by Gasteiger charge is 2.09. The average Bonchev–Trinajstić information content (AvgIpc) is 2.28. The lowest BCUT2D eigenvalue weighted by molar-refractivity contribution is 0.370. The number of ether oxygens (including phenoxy) is 1. The van der Waals surface area contributed by atoms with Crippen molar-refractivity contribution in [2.45, 2.75) is 13.5 Å². The van der Waals surface area contributed by atoms with Crippen LogP contribution in [-0.4, -0.2) is 18.8 Å². The standard InChI is InChI=1S/C12H14ClNO2/c1-3-4-5-14-8-9-6-10(13)7-11(16-2)12(9)15/h6-7,14-15H,5,8H2,1-2H3. The lowest BCUT2D eigenvalue weighted by atomic mass is 10.2. The number of rotatable bonds is 4. The second-order valence-corrected chi connectivity index (χ2v) is 3.58. The van der Waals surface area contributed by atoms with Crippen LogP contribution in [0.1, 0.15) is 12.5 Å². The van der Waals surface area contributed by atoms with E-state index >= 15 is 0 Å². The van der Waals surface area contributed by atoms with Gasteiger partial charge in [0.05, 0.1) is 13.7 Å². The normalized spacial score (nSPS) is 9.44. The first-order valence-electron chi connectivity index (χ1n) is 4.84. The van der Waals surface area contributed by atoms with Gasteiger partial charge in [0, 0.05) is 23.2 Å². The Kier molecular flexibility index (Phi) is 4.97. The predicted octanol–water partition coefficient (Wildman–Crippen LogP) is 2.17. The van der Waals surface area contributed by atoms with Crippen LogP contribution in [0.4, 0.5) is 0 Å². The van der Waals surface area contributed by atoms with Gasteiger partial charge in [-0.2, -0.15) is 0 Å². The van der Waals surface area contributed by atoms with Crippen molar-refractivity contribution in [1.29, 1.82) is 0 Å². The van der Waals surface area contributed by atoms with E-state index in [9.17, 15) is 5.11 Å². The SMILES string of the molecule is CC#CCNCc1cc(Cl)cc(OC)c1O. The molecule has 0 aliphatic rings. The van der Waals surface area contributed by atoms with Crippen molar-refractivity contribution in [2.75, 3.05) is 13.7 Å². The van der Waals surface area contributed by atoms with E-state index in [1.807, 2.05) is 0 Å². The number of nitrogens with one attached hydrogen (secondary N) is 1. The quantitative estimate of drug-likeness (QED) is 0.625. The molecule has 1 aromatic carbocycles. The first-order chi connectivity index (χ1) is 7.69. The molecule has 2 N–H and O–H groups in total. The summed E-state index contributed by atoms with van der Waals surface area (Å²) in [4.78, 5) is 0. The number of benzene rings is 1. The molecule has 0 unspecified atom stereocenters. The van der Waals surface area contributed by atoms with Crippen LogP contribution in [0, 0.1) is 11.8 Å². The third kappa shape index (κ3) is 3.34. The maximum atomic E-state index is 9.81. The number of aromatic hydroxyl groups is 1. The fourth-order valence-corrected chi connectivity index (χ4v) is 1.50. The van der Waals surface area contributed by atoms with Crippen LogP contribution in [0.5, 0.6) is 11.5 Å². The van der Waals surface area contributed by atoms with E-state index in [0.29, 0.717) is 29.4 Å². The minimum absolute atomic E-state index is 0.115. The zero-order chi connectivity index (χ0) is 12.0. The van der Waals surface area contributed by atoms with Gasteiger partial charge in [-0.05, 0) is 13.0 Å². The van der Waals surface area contributed by atoms with Gasteiger partial charge in [0.1, 0.15) is 0 Å². The van der Waals surface area contributed by atoms with Gasteiger partial charge in [-0.25, -0.2) is 0 Å². The molecule has 0 saturated carbocycles. The Morgan fingerprint density at radius 1 is 1.50 bits per heavy atom. The maximum absolute atomic E-state index is 9.81. The summed E-state index contributed by atoms with van der Waals surface area (Å²) in [5.41, 5.74) is 0.697. The minimum Gasteiger partial charge on any atom is -0.504 e. The van der Waals surface area contributed by atoms with E-state index in [0.717, 1.165) is 0 Å². The number of hydrogen-bond acceptors (Lipinski definition) is 3. The molecule has 0 aliphatic heterocycles. The van der Waals surface area contributed by atoms with E-state index in [1.54, 1.807) is 19.1 Å². The maximum Gasteiger partial charge on any atom is 0.162 e. The smallest absolute Gasteiger partial charge is 0.162 e. The Labute approximate surface area is 100 Å². The molecular weight excluding hydrogens is 226 g/mol. The second-order valence-electron chi connectivity index (χ2n) is 3.15. The van der Waals surface area contributed by atoms with Crippen molar-refractivity contribution in [3.05, 3.63) is 22.7 Å². The van der Waals surface area contributed by atoms with Gasteiger partial charge in [-0.3, -0.25) is 0 Å². The van der Waals surface area contributed by atoms with Gasteiger partial charge in [0.25, 0.3) is 0 Å². The number of phenolic OH excluding ortho intramolecular Hbond substituents is 1. The lowest BCUT2D eigenvalue weighted by Gasteiger charge is -2.09. The first kappa shape index (κ1) is 12.7. The van der Waals surface area contributed by atoms with Crippen molar-refractivity contribution in [1.82, 2.24) is 5.32 Å². The van der Waals surface area contributed by atoms with Crippen LogP contribution in [0.3, 0.4) is 0 Å². The summed E-state index contributed by atoms with van der Waals surface area (Å²) in [5.74, 6) is 6.15. The molecule has 86 valence electrons. The highest BCUT2D eigenvalue weighted by molar-refractivity contribution is 6.30. The Morgan fingerprint density at radius 2 is 2.25 bits per heavy atom. The number of halogens is 1. The molecule has 0 saturated heterocycles. The van der Waals surface area contributed by atoms with Crippen LogP contribution < -0.4 is 10.1 Å². The summed E-state index contributed by atoms with van der Waals surface area (Å²) in [6.45, 7) is 2.85. The molecular formula is C12H14ClNO2. The van der Waals surface area contributed by atoms with Gasteiger partial charge in [-0.15, -0.1) is 5.92 Å². The third-order valence-electron chi connectivity index (χ3n) is 2.04. The van der Waals surface area contributed by atoms with Crippen molar-refractivity contribution in [2.24, 2.45) is 0 Å². The molecule has 4 heteroatoms. The predicted molar refractivity (Wildman–Crippen MR) is 64.8 cm³/mol. The molecule has 1 rings (SSSR count). The summed E-state index contributed by atoms with van der Waals surface area (Å²) in [6, 6.07) is 3.28. The van der Waals surface area contributed by atoms with Crippen molar-refractivity contribution in [3.63, 3.8) is 0 Å². The molecule has 0 amide bonds. The Hall–Kier alpha value is -1.37. The molecule has 0 aromatic heterocycles. The fourth-order valence-electron chi connectivity index (χ4n) is 1.27. The van der Waals surface area contributed by atoms with E-state index in [-0.39, 0.29) is 5.75 Å². The molecule has 0 radical (unpaired) electrons. The average molecular weight is 240 g/mol. The molecule has 0 bridgehead atoms. The third-order valence-corrected chi connectivity index (χ3v) is 2.26. The van der Waals surface area contributed by atoms with Crippen molar-refractivity contribution >= 4 is 11.6 Å². The topological polar surface area (TPSA) is 41.5 Å². The molecule has 16 heavy (non-hydrogen) atoms. The zero-order valence-corrected chi connectivity index (χ0v) is 10.1. The lowest BCUT2D eigenvalue weighted by Crippen LogP contribution is -2.13. The first-order valence-corrected chi connectivity index (χ1v) is 5.22. The number of phenols is 1. The highest BCUT2D eigenvalue weighted by atomic mass is 35.5. The molecule has 0 atom stereocenters. The summed E-state index contributed by atoms with van der Waals surface area (Å²) >= 11 is 5.89. The van der Waals surface area contributed by atoms with Gasteiger partial charge < -0.3 is 15.2 Å². The summed E-state index contributed by atoms with van der Waals surface area (Å²) < 4.78 is 5.00. The van der Waals surface area contributed by atoms with Crippen LogP contribution in [-0.2, 0) is 6.54 Å². The van der Waals surface area contributed by atoms with Gasteiger partial charge >= 0.3 is 0 Å². The van der Waals surface area contributed by atoms with E-state index < -0.39 is 0 Å². The Bertz CT molecular complexity index is 421. The molecule has 0 heterocycles. The zero-order valence-electron chi connectivity index (χ0n) is 9.30. The number of hydrogen-bond donors (Lipinski definition) is 2. The summed E-state index contributed by atoms with van der Waals surface area (Å²) in [7, 11) is 1.49. The highest BCUT2D eigenvalue weighted by Crippen LogP contribution is 2.33. The van der Waals surface area contributed by atoms with E-state index in [4.69, 9.17) is 16.3 Å². The van der Waals surface area contributed by atoms with Crippen LogP contribution in [0.25, 0.3) is 0 Å². The van der Waals surface area contributed by atoms with Crippen LogP contribution in [0.15, 0.2) is 12.1 Å². The largest absolute Gasteiger partial charge is 0.504 e. The molecule has 0 aliphatic carbocycles. The van der Waals surface area contributed by atoms with E-state index in [1.165, 1.54) is 7.11 Å². The second kappa shape index (κ2) is 6.26. The van der Waals surface area contributed by atoms with Crippen molar-refractivity contribution in [3.8, 4) is 23.3 Å². The molecule has 1 aromatic rings. The fraction of sp³-hybridized carbons (Fsp3) is 0.333. The summed E-state index contributed by atoms with van der Waals surface area (Å²) in [5, 5.41) is 13.4. The van der Waals surface area contributed by atoms with Gasteiger partial charge in [-0.1, -0.05) is 17.5 Å².